The molecule has 1 atom stereocenters. The number of halogens is 1. The molecule has 0 radical (unpaired) electrons. The molecule has 0 amide bonds. The van der Waals surface area contributed by atoms with E-state index >= 15 is 0 Å². The first-order valence-electron chi connectivity index (χ1n) is 4.17. The number of ether oxygens (including phenoxy) is 1. The molecule has 1 nitrogen and oxygen atoms in total. The van der Waals surface area contributed by atoms with Gasteiger partial charge in [0.25, 0.3) is 0 Å². The highest BCUT2D eigenvalue weighted by Gasteiger charge is 2.17. The Morgan fingerprint density at radius 2 is 2.25 bits per heavy atom. The molecule has 0 saturated carbocycles. The minimum Gasteiger partial charge on any atom is -0.493 e. The van der Waals surface area contributed by atoms with Gasteiger partial charge in [0.2, 0.25) is 0 Å². The summed E-state index contributed by atoms with van der Waals surface area (Å²) in [6.07, 6.45) is 1.06. The molecular weight excluding hydrogens is 172 g/mol. The van der Waals surface area contributed by atoms with Gasteiger partial charge < -0.3 is 4.74 Å². The number of benzene rings is 1. The third-order valence-electron chi connectivity index (χ3n) is 2.17. The molecule has 1 aromatic carbocycles. The summed E-state index contributed by atoms with van der Waals surface area (Å²) in [5.41, 5.74) is 1.29. The van der Waals surface area contributed by atoms with Crippen LogP contribution in [-0.2, 0) is 6.42 Å². The van der Waals surface area contributed by atoms with E-state index in [0.29, 0.717) is 11.8 Å². The highest BCUT2D eigenvalue weighted by molar-refractivity contribution is 6.18. The smallest absolute Gasteiger partial charge is 0.122 e. The number of rotatable bonds is 1. The van der Waals surface area contributed by atoms with E-state index in [1.54, 1.807) is 0 Å². The van der Waals surface area contributed by atoms with Crippen molar-refractivity contribution in [2.45, 2.75) is 6.42 Å². The molecule has 1 heterocycles. The quantitative estimate of drug-likeness (QED) is 0.607. The number of hydrogen-bond donors (Lipinski definition) is 0. The van der Waals surface area contributed by atoms with Gasteiger partial charge in [0.15, 0.2) is 0 Å². The first-order chi connectivity index (χ1) is 5.90. The standard InChI is InChI=1S/C10H11ClO/c11-6-8-5-9-3-1-2-4-10(9)12-7-8/h1-4,8H,5-7H2. The van der Waals surface area contributed by atoms with Crippen LogP contribution >= 0.6 is 11.6 Å². The first-order valence-corrected chi connectivity index (χ1v) is 4.70. The summed E-state index contributed by atoms with van der Waals surface area (Å²) in [5, 5.41) is 0. The fraction of sp³-hybridized carbons (Fsp3) is 0.400. The Balaban J connectivity index is 2.23. The van der Waals surface area contributed by atoms with Crippen LogP contribution in [0.25, 0.3) is 0 Å². The van der Waals surface area contributed by atoms with Gasteiger partial charge >= 0.3 is 0 Å². The van der Waals surface area contributed by atoms with E-state index in [1.807, 2.05) is 18.2 Å². The highest BCUT2D eigenvalue weighted by Crippen LogP contribution is 2.26. The van der Waals surface area contributed by atoms with Crippen molar-refractivity contribution in [3.8, 4) is 5.75 Å². The van der Waals surface area contributed by atoms with Crippen LogP contribution in [0.2, 0.25) is 0 Å². The van der Waals surface area contributed by atoms with Crippen molar-refractivity contribution in [3.63, 3.8) is 0 Å². The van der Waals surface area contributed by atoms with Crippen LogP contribution in [0, 0.1) is 5.92 Å². The Kier molecular flexibility index (Phi) is 2.22. The lowest BCUT2D eigenvalue weighted by atomic mass is 9.98. The number of fused-ring (bicyclic) bond motifs is 1. The maximum atomic E-state index is 5.77. The molecule has 12 heavy (non-hydrogen) atoms. The van der Waals surface area contributed by atoms with E-state index < -0.39 is 0 Å². The summed E-state index contributed by atoms with van der Waals surface area (Å²) >= 11 is 5.77. The van der Waals surface area contributed by atoms with Gasteiger partial charge in [0.1, 0.15) is 5.75 Å². The fourth-order valence-corrected chi connectivity index (χ4v) is 1.69. The summed E-state index contributed by atoms with van der Waals surface area (Å²) in [6, 6.07) is 8.16. The molecule has 2 heteroatoms. The van der Waals surface area contributed by atoms with Crippen molar-refractivity contribution in [1.82, 2.24) is 0 Å². The van der Waals surface area contributed by atoms with Gasteiger partial charge in [-0.05, 0) is 18.1 Å². The Morgan fingerprint density at radius 3 is 3.08 bits per heavy atom. The lowest BCUT2D eigenvalue weighted by Crippen LogP contribution is -2.21. The molecule has 1 aromatic rings. The summed E-state index contributed by atoms with van der Waals surface area (Å²) in [7, 11) is 0. The molecule has 0 fully saturated rings. The van der Waals surface area contributed by atoms with Crippen molar-refractivity contribution >= 4 is 11.6 Å². The molecule has 0 aromatic heterocycles. The van der Waals surface area contributed by atoms with Gasteiger partial charge in [-0.15, -0.1) is 11.6 Å². The average molecular weight is 183 g/mol. The third kappa shape index (κ3) is 1.42. The Morgan fingerprint density at radius 1 is 1.42 bits per heavy atom. The van der Waals surface area contributed by atoms with E-state index in [-0.39, 0.29) is 0 Å². The third-order valence-corrected chi connectivity index (χ3v) is 2.61. The maximum Gasteiger partial charge on any atom is 0.122 e. The predicted molar refractivity (Wildman–Crippen MR) is 49.9 cm³/mol. The SMILES string of the molecule is ClCC1COc2ccccc2C1. The fourth-order valence-electron chi connectivity index (χ4n) is 1.49. The van der Waals surface area contributed by atoms with Gasteiger partial charge in [-0.25, -0.2) is 0 Å². The number of para-hydroxylation sites is 1. The second-order valence-corrected chi connectivity index (χ2v) is 3.45. The summed E-state index contributed by atoms with van der Waals surface area (Å²) in [6.45, 7) is 0.764. The maximum absolute atomic E-state index is 5.77. The van der Waals surface area contributed by atoms with Gasteiger partial charge in [-0.2, -0.15) is 0 Å². The molecule has 0 saturated heterocycles. The minimum atomic E-state index is 0.488. The largest absolute Gasteiger partial charge is 0.493 e. The molecule has 0 aliphatic carbocycles. The summed E-state index contributed by atoms with van der Waals surface area (Å²) < 4.78 is 5.54. The minimum absolute atomic E-state index is 0.488. The van der Waals surface area contributed by atoms with Gasteiger partial charge in [-0.1, -0.05) is 18.2 Å². The van der Waals surface area contributed by atoms with Crippen molar-refractivity contribution in [3.05, 3.63) is 29.8 Å². The van der Waals surface area contributed by atoms with Crippen molar-refractivity contribution in [1.29, 1.82) is 0 Å². The van der Waals surface area contributed by atoms with Gasteiger partial charge in [0.05, 0.1) is 6.61 Å². The first kappa shape index (κ1) is 7.93. The van der Waals surface area contributed by atoms with E-state index in [4.69, 9.17) is 16.3 Å². The summed E-state index contributed by atoms with van der Waals surface area (Å²) in [4.78, 5) is 0. The van der Waals surface area contributed by atoms with Gasteiger partial charge in [0, 0.05) is 11.8 Å². The topological polar surface area (TPSA) is 9.23 Å². The van der Waals surface area contributed by atoms with Gasteiger partial charge in [-0.3, -0.25) is 0 Å². The number of alkyl halides is 1. The average Bonchev–Trinajstić information content (AvgIpc) is 2.17. The van der Waals surface area contributed by atoms with Crippen LogP contribution in [0.1, 0.15) is 5.56 Å². The highest BCUT2D eigenvalue weighted by atomic mass is 35.5. The normalized spacial score (nSPS) is 21.2. The van der Waals surface area contributed by atoms with Crippen LogP contribution in [0.3, 0.4) is 0 Å². The van der Waals surface area contributed by atoms with Crippen LogP contribution in [0.4, 0.5) is 0 Å². The number of hydrogen-bond acceptors (Lipinski definition) is 1. The van der Waals surface area contributed by atoms with E-state index in [9.17, 15) is 0 Å². The van der Waals surface area contributed by atoms with E-state index in [1.165, 1.54) is 5.56 Å². The monoisotopic (exact) mass is 182 g/mol. The Bertz CT molecular complexity index is 272. The van der Waals surface area contributed by atoms with E-state index in [2.05, 4.69) is 6.07 Å². The van der Waals surface area contributed by atoms with Crippen LogP contribution < -0.4 is 4.74 Å². The lowest BCUT2D eigenvalue weighted by Gasteiger charge is -2.23. The molecule has 2 rings (SSSR count). The van der Waals surface area contributed by atoms with Crippen LogP contribution in [0.5, 0.6) is 5.75 Å². The molecule has 0 N–H and O–H groups in total. The van der Waals surface area contributed by atoms with Crippen molar-refractivity contribution in [2.75, 3.05) is 12.5 Å². The van der Waals surface area contributed by atoms with E-state index in [0.717, 1.165) is 18.8 Å². The zero-order valence-corrected chi connectivity index (χ0v) is 7.55. The second kappa shape index (κ2) is 3.36. The molecule has 1 aliphatic rings. The predicted octanol–water partition coefficient (Wildman–Crippen LogP) is 2.48. The van der Waals surface area contributed by atoms with Crippen molar-refractivity contribution < 1.29 is 4.74 Å². The molecule has 1 aliphatic heterocycles. The zero-order valence-electron chi connectivity index (χ0n) is 6.79. The molecule has 0 bridgehead atoms. The lowest BCUT2D eigenvalue weighted by molar-refractivity contribution is 0.236. The van der Waals surface area contributed by atoms with Crippen LogP contribution in [0.15, 0.2) is 24.3 Å². The van der Waals surface area contributed by atoms with Crippen molar-refractivity contribution in [2.24, 2.45) is 5.92 Å². The Hall–Kier alpha value is -0.690. The molecule has 64 valence electrons. The Labute approximate surface area is 77.3 Å². The summed E-state index contributed by atoms with van der Waals surface area (Å²) in [5.74, 6) is 2.20. The zero-order chi connectivity index (χ0) is 8.39. The molecule has 0 spiro atoms. The van der Waals surface area contributed by atoms with Crippen LogP contribution in [-0.4, -0.2) is 12.5 Å². The molecule has 1 unspecified atom stereocenters. The molecular formula is C10H11ClO. The second-order valence-electron chi connectivity index (χ2n) is 3.14.